The molecule has 3 aliphatic rings. The Morgan fingerprint density at radius 3 is 3.06 bits per heavy atom. The van der Waals surface area contributed by atoms with Crippen LogP contribution in [0.5, 0.6) is 0 Å². The standard InChI is InChI=1S/C12H12O5/c1-15-11(14)10(13)8-5-17-12-9-6(4-16-12)2-3-7(8)9/h2,5,7,9,12H,3-4H2,1H3/t7-,9-,12-/m1/s1. The van der Waals surface area contributed by atoms with E-state index in [9.17, 15) is 9.59 Å². The lowest BCUT2D eigenvalue weighted by atomic mass is 9.83. The lowest BCUT2D eigenvalue weighted by Crippen LogP contribution is -2.34. The number of carbonyl (C=O) groups excluding carboxylic acids is 2. The summed E-state index contributed by atoms with van der Waals surface area (Å²) in [5.74, 6) is -1.37. The van der Waals surface area contributed by atoms with Crippen molar-refractivity contribution in [2.45, 2.75) is 12.7 Å². The molecule has 0 saturated carbocycles. The Bertz CT molecular complexity index is 448. The number of Topliss-reactive ketones (excluding diaryl/α,β-unsaturated/α-hetero) is 1. The molecule has 1 fully saturated rings. The molecular formula is C12H12O5. The highest BCUT2D eigenvalue weighted by atomic mass is 16.7. The van der Waals surface area contributed by atoms with E-state index in [0.29, 0.717) is 12.2 Å². The summed E-state index contributed by atoms with van der Waals surface area (Å²) in [7, 11) is 1.20. The van der Waals surface area contributed by atoms with Gasteiger partial charge in [-0.1, -0.05) is 6.08 Å². The van der Waals surface area contributed by atoms with Gasteiger partial charge in [0.05, 0.1) is 25.9 Å². The Balaban J connectivity index is 1.89. The Kier molecular flexibility index (Phi) is 2.29. The van der Waals surface area contributed by atoms with Crippen molar-refractivity contribution in [2.75, 3.05) is 13.7 Å². The van der Waals surface area contributed by atoms with Crippen molar-refractivity contribution in [1.29, 1.82) is 0 Å². The summed E-state index contributed by atoms with van der Waals surface area (Å²) in [6.07, 6.45) is 3.89. The summed E-state index contributed by atoms with van der Waals surface area (Å²) in [4.78, 5) is 23.1. The van der Waals surface area contributed by atoms with E-state index in [2.05, 4.69) is 10.8 Å². The monoisotopic (exact) mass is 236 g/mol. The van der Waals surface area contributed by atoms with Gasteiger partial charge < -0.3 is 14.2 Å². The molecule has 17 heavy (non-hydrogen) atoms. The molecule has 1 aliphatic carbocycles. The van der Waals surface area contributed by atoms with Crippen LogP contribution < -0.4 is 0 Å². The van der Waals surface area contributed by atoms with Crippen molar-refractivity contribution in [1.82, 2.24) is 0 Å². The van der Waals surface area contributed by atoms with Gasteiger partial charge in [0.1, 0.15) is 0 Å². The fourth-order valence-corrected chi connectivity index (χ4v) is 2.73. The second-order valence-corrected chi connectivity index (χ2v) is 4.36. The second-order valence-electron chi connectivity index (χ2n) is 4.36. The number of ketones is 1. The zero-order valence-electron chi connectivity index (χ0n) is 9.34. The van der Waals surface area contributed by atoms with Gasteiger partial charge in [-0.15, -0.1) is 0 Å². The fourth-order valence-electron chi connectivity index (χ4n) is 2.73. The molecule has 5 nitrogen and oxygen atoms in total. The highest BCUT2D eigenvalue weighted by Crippen LogP contribution is 2.47. The topological polar surface area (TPSA) is 61.8 Å². The molecule has 1 saturated heterocycles. The number of methoxy groups -OCH3 is 1. The molecular weight excluding hydrogens is 224 g/mol. The van der Waals surface area contributed by atoms with Gasteiger partial charge in [-0.2, -0.15) is 0 Å². The van der Waals surface area contributed by atoms with Crippen molar-refractivity contribution in [2.24, 2.45) is 11.8 Å². The molecule has 2 heterocycles. The minimum Gasteiger partial charge on any atom is -0.471 e. The zero-order chi connectivity index (χ0) is 12.0. The number of rotatable bonds is 2. The van der Waals surface area contributed by atoms with E-state index in [0.717, 1.165) is 6.42 Å². The van der Waals surface area contributed by atoms with E-state index in [1.165, 1.54) is 18.9 Å². The van der Waals surface area contributed by atoms with Crippen LogP contribution in [0.4, 0.5) is 0 Å². The first-order valence-corrected chi connectivity index (χ1v) is 5.51. The van der Waals surface area contributed by atoms with Crippen LogP contribution in [0.1, 0.15) is 6.42 Å². The van der Waals surface area contributed by atoms with E-state index < -0.39 is 11.8 Å². The highest BCUT2D eigenvalue weighted by molar-refractivity contribution is 6.40. The maximum atomic E-state index is 11.8. The minimum absolute atomic E-state index is 0.00199. The minimum atomic E-state index is -0.842. The molecule has 0 amide bonds. The third-order valence-corrected chi connectivity index (χ3v) is 3.56. The van der Waals surface area contributed by atoms with E-state index in [-0.39, 0.29) is 18.1 Å². The van der Waals surface area contributed by atoms with Crippen molar-refractivity contribution in [3.05, 3.63) is 23.5 Å². The average molecular weight is 236 g/mol. The summed E-state index contributed by atoms with van der Waals surface area (Å²) in [6.45, 7) is 0.555. The largest absolute Gasteiger partial charge is 0.471 e. The number of ether oxygens (including phenoxy) is 3. The van der Waals surface area contributed by atoms with E-state index in [1.54, 1.807) is 0 Å². The van der Waals surface area contributed by atoms with Gasteiger partial charge in [-0.25, -0.2) is 4.79 Å². The lowest BCUT2D eigenvalue weighted by Gasteiger charge is -2.29. The molecule has 2 aliphatic heterocycles. The van der Waals surface area contributed by atoms with E-state index in [4.69, 9.17) is 9.47 Å². The quantitative estimate of drug-likeness (QED) is 0.398. The summed E-state index contributed by atoms with van der Waals surface area (Å²) < 4.78 is 15.3. The molecule has 0 aromatic carbocycles. The van der Waals surface area contributed by atoms with Crippen LogP contribution in [0, 0.1) is 11.8 Å². The third-order valence-electron chi connectivity index (χ3n) is 3.56. The van der Waals surface area contributed by atoms with Crippen molar-refractivity contribution < 1.29 is 23.8 Å². The summed E-state index contributed by atoms with van der Waals surface area (Å²) in [5, 5.41) is 0. The molecule has 0 bridgehead atoms. The Morgan fingerprint density at radius 2 is 2.29 bits per heavy atom. The first kappa shape index (κ1) is 10.5. The predicted molar refractivity (Wildman–Crippen MR) is 55.6 cm³/mol. The number of carbonyl (C=O) groups is 2. The summed E-state index contributed by atoms with van der Waals surface area (Å²) in [5.41, 5.74) is 1.57. The van der Waals surface area contributed by atoms with Gasteiger partial charge in [0, 0.05) is 11.5 Å². The van der Waals surface area contributed by atoms with Crippen molar-refractivity contribution >= 4 is 11.8 Å². The lowest BCUT2D eigenvalue weighted by molar-refractivity contribution is -0.151. The van der Waals surface area contributed by atoms with Gasteiger partial charge in [-0.05, 0) is 12.0 Å². The molecule has 90 valence electrons. The summed E-state index contributed by atoms with van der Waals surface area (Å²) in [6, 6.07) is 0. The molecule has 3 atom stereocenters. The smallest absolute Gasteiger partial charge is 0.379 e. The van der Waals surface area contributed by atoms with Gasteiger partial charge in [0.2, 0.25) is 6.29 Å². The molecule has 5 heteroatoms. The highest BCUT2D eigenvalue weighted by Gasteiger charge is 2.48. The van der Waals surface area contributed by atoms with Crippen LogP contribution in [0.2, 0.25) is 0 Å². The Hall–Kier alpha value is -1.62. The molecule has 0 aromatic heterocycles. The van der Waals surface area contributed by atoms with Gasteiger partial charge in [0.25, 0.3) is 5.78 Å². The number of allylic oxidation sites excluding steroid dienone is 1. The fraction of sp³-hybridized carbons (Fsp3) is 0.500. The van der Waals surface area contributed by atoms with Crippen LogP contribution in [0.25, 0.3) is 0 Å². The van der Waals surface area contributed by atoms with E-state index in [1.807, 2.05) is 0 Å². The van der Waals surface area contributed by atoms with E-state index >= 15 is 0 Å². The molecule has 0 spiro atoms. The van der Waals surface area contributed by atoms with Crippen LogP contribution in [0.3, 0.4) is 0 Å². The number of esters is 1. The van der Waals surface area contributed by atoms with Gasteiger partial charge >= 0.3 is 5.97 Å². The normalized spacial score (nSPS) is 33.4. The first-order chi connectivity index (χ1) is 8.22. The van der Waals surface area contributed by atoms with Crippen LogP contribution >= 0.6 is 0 Å². The van der Waals surface area contributed by atoms with Gasteiger partial charge in [-0.3, -0.25) is 4.79 Å². The number of hydrogen-bond acceptors (Lipinski definition) is 5. The maximum Gasteiger partial charge on any atom is 0.379 e. The second kappa shape index (κ2) is 3.70. The first-order valence-electron chi connectivity index (χ1n) is 5.51. The third kappa shape index (κ3) is 1.42. The van der Waals surface area contributed by atoms with Crippen molar-refractivity contribution in [3.8, 4) is 0 Å². The molecule has 0 unspecified atom stereocenters. The van der Waals surface area contributed by atoms with Crippen molar-refractivity contribution in [3.63, 3.8) is 0 Å². The Morgan fingerprint density at radius 1 is 1.47 bits per heavy atom. The predicted octanol–water partition coefficient (Wildman–Crippen LogP) is 0.561. The van der Waals surface area contributed by atoms with Gasteiger partial charge in [0.15, 0.2) is 0 Å². The maximum absolute atomic E-state index is 11.8. The molecule has 0 N–H and O–H groups in total. The summed E-state index contributed by atoms with van der Waals surface area (Å²) >= 11 is 0. The average Bonchev–Trinajstić information content (AvgIpc) is 2.95. The SMILES string of the molecule is COC(=O)C(=O)C1=CO[C@H]2OCC3=CC[C@H]1[C@@H]32. The van der Waals surface area contributed by atoms with Crippen LogP contribution in [-0.4, -0.2) is 31.8 Å². The number of hydrogen-bond donors (Lipinski definition) is 0. The molecule has 0 aromatic rings. The zero-order valence-corrected chi connectivity index (χ0v) is 9.34. The molecule has 0 radical (unpaired) electrons. The Labute approximate surface area is 98.0 Å². The van der Waals surface area contributed by atoms with Crippen LogP contribution in [-0.2, 0) is 23.8 Å². The van der Waals surface area contributed by atoms with Crippen LogP contribution in [0.15, 0.2) is 23.5 Å². The molecule has 3 rings (SSSR count).